The highest BCUT2D eigenvalue weighted by atomic mass is 127. The van der Waals surface area contributed by atoms with Crippen molar-refractivity contribution in [1.82, 2.24) is 9.97 Å². The number of H-pyrrole nitrogens is 1. The highest BCUT2D eigenvalue weighted by Gasteiger charge is 2.09. The summed E-state index contributed by atoms with van der Waals surface area (Å²) in [4.78, 5) is 7.09. The third-order valence-electron chi connectivity index (χ3n) is 2.64. The highest BCUT2D eigenvalue weighted by Crippen LogP contribution is 2.17. The number of nitrogens with two attached hydrogens (primary N) is 1. The summed E-state index contributed by atoms with van der Waals surface area (Å²) >= 11 is 2.39. The maximum atomic E-state index is 5.66. The van der Waals surface area contributed by atoms with Gasteiger partial charge in [0.2, 0.25) is 0 Å². The molecule has 0 aliphatic rings. The SMILES string of the molecule is CCCCC(CN)c1cnc[nH]1.CCCCI. The first-order chi connectivity index (χ1) is 8.29. The van der Waals surface area contributed by atoms with Gasteiger partial charge >= 0.3 is 0 Å². The first-order valence-corrected chi connectivity index (χ1v) is 8.06. The van der Waals surface area contributed by atoms with Gasteiger partial charge in [-0.15, -0.1) is 0 Å². The van der Waals surface area contributed by atoms with E-state index in [1.807, 2.05) is 6.20 Å². The Morgan fingerprint density at radius 3 is 2.41 bits per heavy atom. The van der Waals surface area contributed by atoms with Gasteiger partial charge in [-0.25, -0.2) is 4.98 Å². The number of unbranched alkanes of at least 4 members (excludes halogenated alkanes) is 2. The van der Waals surface area contributed by atoms with Crippen molar-refractivity contribution in [3.63, 3.8) is 0 Å². The third-order valence-corrected chi connectivity index (χ3v) is 3.40. The quantitative estimate of drug-likeness (QED) is 0.579. The number of rotatable bonds is 7. The van der Waals surface area contributed by atoms with Crippen LogP contribution < -0.4 is 5.73 Å². The number of hydrogen-bond acceptors (Lipinski definition) is 2. The van der Waals surface area contributed by atoms with Crippen molar-refractivity contribution in [3.05, 3.63) is 18.2 Å². The van der Waals surface area contributed by atoms with E-state index in [1.165, 1.54) is 35.8 Å². The molecule has 0 saturated carbocycles. The molecule has 0 bridgehead atoms. The number of imidazole rings is 1. The second-order valence-electron chi connectivity index (χ2n) is 4.12. The Bertz CT molecular complexity index is 235. The van der Waals surface area contributed by atoms with Crippen molar-refractivity contribution in [2.75, 3.05) is 11.0 Å². The molecule has 1 rings (SSSR count). The molecule has 0 aliphatic heterocycles. The summed E-state index contributed by atoms with van der Waals surface area (Å²) in [7, 11) is 0. The summed E-state index contributed by atoms with van der Waals surface area (Å²) < 4.78 is 1.31. The molecule has 3 N–H and O–H groups in total. The van der Waals surface area contributed by atoms with Crippen molar-refractivity contribution in [1.29, 1.82) is 0 Å². The number of aromatic nitrogens is 2. The van der Waals surface area contributed by atoms with Gasteiger partial charge in [0.25, 0.3) is 0 Å². The summed E-state index contributed by atoms with van der Waals surface area (Å²) in [6.45, 7) is 5.11. The van der Waals surface area contributed by atoms with Gasteiger partial charge in [-0.05, 0) is 17.3 Å². The lowest BCUT2D eigenvalue weighted by Gasteiger charge is -2.11. The number of halogens is 1. The summed E-state index contributed by atoms with van der Waals surface area (Å²) in [5.74, 6) is 0.465. The molecular weight excluding hydrogens is 325 g/mol. The van der Waals surface area contributed by atoms with E-state index in [0.717, 1.165) is 6.42 Å². The fourth-order valence-corrected chi connectivity index (χ4v) is 2.24. The monoisotopic (exact) mass is 351 g/mol. The van der Waals surface area contributed by atoms with Crippen molar-refractivity contribution in [2.45, 2.75) is 51.9 Å². The molecule has 100 valence electrons. The minimum Gasteiger partial charge on any atom is -0.348 e. The van der Waals surface area contributed by atoms with Crippen LogP contribution in [-0.2, 0) is 0 Å². The van der Waals surface area contributed by atoms with Gasteiger partial charge in [0.05, 0.1) is 6.33 Å². The zero-order chi connectivity index (χ0) is 12.9. The van der Waals surface area contributed by atoms with E-state index in [1.54, 1.807) is 6.33 Å². The Hall–Kier alpha value is -0.100. The van der Waals surface area contributed by atoms with Crippen LogP contribution >= 0.6 is 22.6 Å². The van der Waals surface area contributed by atoms with Crippen LogP contribution in [0, 0.1) is 0 Å². The van der Waals surface area contributed by atoms with E-state index >= 15 is 0 Å². The van der Waals surface area contributed by atoms with Gasteiger partial charge in [-0.2, -0.15) is 0 Å². The first-order valence-electron chi connectivity index (χ1n) is 6.54. The lowest BCUT2D eigenvalue weighted by atomic mass is 9.99. The zero-order valence-electron chi connectivity index (χ0n) is 11.1. The normalized spacial score (nSPS) is 11.8. The average molecular weight is 351 g/mol. The summed E-state index contributed by atoms with van der Waals surface area (Å²) in [5, 5.41) is 0. The molecule has 0 radical (unpaired) electrons. The standard InChI is InChI=1S/C9H17N3.C4H9I/c1-2-3-4-8(5-10)9-6-11-7-12-9;1-2-3-4-5/h6-8H,2-5,10H2,1H3,(H,11,12);2-4H2,1H3. The molecule has 1 heterocycles. The molecule has 0 aliphatic carbocycles. The van der Waals surface area contributed by atoms with Gasteiger partial charge in [-0.1, -0.05) is 55.7 Å². The van der Waals surface area contributed by atoms with Gasteiger partial charge in [0, 0.05) is 24.4 Å². The smallest absolute Gasteiger partial charge is 0.0921 e. The summed E-state index contributed by atoms with van der Waals surface area (Å²) in [6, 6.07) is 0. The minimum atomic E-state index is 0.465. The van der Waals surface area contributed by atoms with Crippen LogP contribution in [0.1, 0.15) is 57.6 Å². The molecule has 0 saturated heterocycles. The van der Waals surface area contributed by atoms with Crippen LogP contribution in [0.5, 0.6) is 0 Å². The Morgan fingerprint density at radius 2 is 2.06 bits per heavy atom. The predicted octanol–water partition coefficient (Wildman–Crippen LogP) is 3.86. The lowest BCUT2D eigenvalue weighted by Crippen LogP contribution is -2.12. The zero-order valence-corrected chi connectivity index (χ0v) is 13.2. The van der Waals surface area contributed by atoms with Gasteiger partial charge in [-0.3, -0.25) is 0 Å². The molecule has 3 nitrogen and oxygen atoms in total. The van der Waals surface area contributed by atoms with E-state index in [-0.39, 0.29) is 0 Å². The number of nitrogens with one attached hydrogen (secondary N) is 1. The number of alkyl halides is 1. The number of nitrogens with zero attached hydrogens (tertiary/aromatic N) is 1. The van der Waals surface area contributed by atoms with Crippen LogP contribution in [0.3, 0.4) is 0 Å². The summed E-state index contributed by atoms with van der Waals surface area (Å²) in [6.07, 6.45) is 9.92. The largest absolute Gasteiger partial charge is 0.348 e. The van der Waals surface area contributed by atoms with Gasteiger partial charge in [0.1, 0.15) is 0 Å². The third kappa shape index (κ3) is 8.60. The predicted molar refractivity (Wildman–Crippen MR) is 83.7 cm³/mol. The molecule has 1 atom stereocenters. The van der Waals surface area contributed by atoms with E-state index in [0.29, 0.717) is 12.5 Å². The maximum Gasteiger partial charge on any atom is 0.0921 e. The second kappa shape index (κ2) is 12.4. The van der Waals surface area contributed by atoms with Gasteiger partial charge in [0.15, 0.2) is 0 Å². The molecule has 1 aromatic heterocycles. The van der Waals surface area contributed by atoms with E-state index in [9.17, 15) is 0 Å². The van der Waals surface area contributed by atoms with E-state index in [2.05, 4.69) is 46.4 Å². The Kier molecular flexibility index (Phi) is 12.3. The van der Waals surface area contributed by atoms with Crippen LogP contribution in [0.4, 0.5) is 0 Å². The fraction of sp³-hybridized carbons (Fsp3) is 0.769. The minimum absolute atomic E-state index is 0.465. The van der Waals surface area contributed by atoms with Crippen molar-refractivity contribution >= 4 is 22.6 Å². The maximum absolute atomic E-state index is 5.66. The van der Waals surface area contributed by atoms with Crippen LogP contribution in [0.15, 0.2) is 12.5 Å². The first kappa shape index (κ1) is 16.9. The van der Waals surface area contributed by atoms with Crippen molar-refractivity contribution in [2.24, 2.45) is 5.73 Å². The average Bonchev–Trinajstić information content (AvgIpc) is 2.86. The molecule has 17 heavy (non-hydrogen) atoms. The molecular formula is C13H26IN3. The molecule has 1 aromatic rings. The molecule has 0 spiro atoms. The number of hydrogen-bond donors (Lipinski definition) is 2. The second-order valence-corrected chi connectivity index (χ2v) is 5.20. The Morgan fingerprint density at radius 1 is 1.35 bits per heavy atom. The van der Waals surface area contributed by atoms with Crippen LogP contribution in [-0.4, -0.2) is 20.9 Å². The Labute approximate surface area is 119 Å². The lowest BCUT2D eigenvalue weighted by molar-refractivity contribution is 0.581. The van der Waals surface area contributed by atoms with Crippen LogP contribution in [0.25, 0.3) is 0 Å². The van der Waals surface area contributed by atoms with Crippen molar-refractivity contribution < 1.29 is 0 Å². The summed E-state index contributed by atoms with van der Waals surface area (Å²) in [5.41, 5.74) is 6.83. The molecule has 1 unspecified atom stereocenters. The molecule has 0 fully saturated rings. The van der Waals surface area contributed by atoms with Gasteiger partial charge < -0.3 is 10.7 Å². The fourth-order valence-electron chi connectivity index (χ4n) is 1.47. The molecule has 0 aromatic carbocycles. The number of aromatic amines is 1. The molecule has 4 heteroatoms. The van der Waals surface area contributed by atoms with Crippen LogP contribution in [0.2, 0.25) is 0 Å². The Balaban J connectivity index is 0.000000437. The topological polar surface area (TPSA) is 54.7 Å². The van der Waals surface area contributed by atoms with Crippen molar-refractivity contribution in [3.8, 4) is 0 Å². The highest BCUT2D eigenvalue weighted by molar-refractivity contribution is 14.1. The molecule has 0 amide bonds. The van der Waals surface area contributed by atoms with E-state index in [4.69, 9.17) is 5.73 Å². The van der Waals surface area contributed by atoms with E-state index < -0.39 is 0 Å².